The van der Waals surface area contributed by atoms with Gasteiger partial charge in [-0.1, -0.05) is 60.7 Å². The maximum Gasteiger partial charge on any atom is 0.0867 e. The number of hydrogen-bond donors (Lipinski definition) is 1. The molecule has 0 saturated carbocycles. The smallest absolute Gasteiger partial charge is 0.0867 e. The lowest BCUT2D eigenvalue weighted by Gasteiger charge is -2.25. The van der Waals surface area contributed by atoms with Gasteiger partial charge in [-0.2, -0.15) is 0 Å². The van der Waals surface area contributed by atoms with E-state index in [-0.39, 0.29) is 5.92 Å². The Labute approximate surface area is 95.4 Å². The molecule has 1 aromatic carbocycles. The summed E-state index contributed by atoms with van der Waals surface area (Å²) in [6.45, 7) is 0. The molecule has 0 spiro atoms. The van der Waals surface area contributed by atoms with Crippen molar-refractivity contribution in [1.29, 1.82) is 0 Å². The van der Waals surface area contributed by atoms with Crippen LogP contribution in [0.3, 0.4) is 0 Å². The maximum absolute atomic E-state index is 10.4. The standard InChI is InChI=1S/C15H14O/c16-15-13-7-3-1-5-11(13)9-10-12-6-2-4-8-14(12)15/h1-11,13,15-16H. The SMILES string of the molecule is OC1c2ccccc2C=CC2C=CC=CC21. The normalized spacial score (nSPS) is 30.7. The van der Waals surface area contributed by atoms with Gasteiger partial charge in [0.25, 0.3) is 0 Å². The van der Waals surface area contributed by atoms with Crippen LogP contribution in [-0.2, 0) is 0 Å². The summed E-state index contributed by atoms with van der Waals surface area (Å²) in [4.78, 5) is 0. The Morgan fingerprint density at radius 1 is 0.938 bits per heavy atom. The lowest BCUT2D eigenvalue weighted by Crippen LogP contribution is -2.18. The van der Waals surface area contributed by atoms with Gasteiger partial charge in [0.2, 0.25) is 0 Å². The Morgan fingerprint density at radius 3 is 2.69 bits per heavy atom. The molecule has 0 aliphatic heterocycles. The minimum absolute atomic E-state index is 0.171. The molecular weight excluding hydrogens is 196 g/mol. The van der Waals surface area contributed by atoms with Crippen molar-refractivity contribution >= 4 is 6.08 Å². The van der Waals surface area contributed by atoms with E-state index >= 15 is 0 Å². The van der Waals surface area contributed by atoms with E-state index < -0.39 is 6.10 Å². The second kappa shape index (κ2) is 3.76. The summed E-state index contributed by atoms with van der Waals surface area (Å²) >= 11 is 0. The molecule has 1 nitrogen and oxygen atoms in total. The van der Waals surface area contributed by atoms with Gasteiger partial charge in [-0.25, -0.2) is 0 Å². The lowest BCUT2D eigenvalue weighted by molar-refractivity contribution is 0.120. The molecule has 3 atom stereocenters. The monoisotopic (exact) mass is 210 g/mol. The number of aliphatic hydroxyl groups is 1. The summed E-state index contributed by atoms with van der Waals surface area (Å²) in [5, 5.41) is 10.4. The van der Waals surface area contributed by atoms with Crippen LogP contribution in [0.25, 0.3) is 6.08 Å². The second-order valence-electron chi connectivity index (χ2n) is 4.36. The second-order valence-corrected chi connectivity index (χ2v) is 4.36. The van der Waals surface area contributed by atoms with E-state index in [1.165, 1.54) is 0 Å². The Hall–Kier alpha value is -1.60. The molecular formula is C15H14O. The zero-order valence-electron chi connectivity index (χ0n) is 8.95. The average Bonchev–Trinajstić information content (AvgIpc) is 2.49. The van der Waals surface area contributed by atoms with Crippen molar-refractivity contribution in [3.63, 3.8) is 0 Å². The molecule has 80 valence electrons. The van der Waals surface area contributed by atoms with Gasteiger partial charge in [0.1, 0.15) is 0 Å². The van der Waals surface area contributed by atoms with Crippen LogP contribution in [0.15, 0.2) is 54.6 Å². The molecule has 3 rings (SSSR count). The molecule has 0 amide bonds. The van der Waals surface area contributed by atoms with Crippen molar-refractivity contribution in [2.24, 2.45) is 11.8 Å². The highest BCUT2D eigenvalue weighted by molar-refractivity contribution is 5.57. The van der Waals surface area contributed by atoms with E-state index in [2.05, 4.69) is 30.4 Å². The average molecular weight is 210 g/mol. The molecule has 0 saturated heterocycles. The van der Waals surface area contributed by atoms with E-state index in [0.29, 0.717) is 5.92 Å². The molecule has 2 aliphatic carbocycles. The summed E-state index contributed by atoms with van der Waals surface area (Å²) in [7, 11) is 0. The largest absolute Gasteiger partial charge is 0.388 e. The number of allylic oxidation sites excluding steroid dienone is 4. The topological polar surface area (TPSA) is 20.2 Å². The zero-order chi connectivity index (χ0) is 11.0. The number of aliphatic hydroxyl groups excluding tert-OH is 1. The number of benzene rings is 1. The molecule has 0 fully saturated rings. The predicted molar refractivity (Wildman–Crippen MR) is 65.7 cm³/mol. The van der Waals surface area contributed by atoms with Gasteiger partial charge in [-0.15, -0.1) is 0 Å². The van der Waals surface area contributed by atoms with Crippen LogP contribution >= 0.6 is 0 Å². The molecule has 1 N–H and O–H groups in total. The third kappa shape index (κ3) is 1.44. The van der Waals surface area contributed by atoms with Crippen molar-refractivity contribution < 1.29 is 5.11 Å². The van der Waals surface area contributed by atoms with E-state index in [1.807, 2.05) is 30.4 Å². The summed E-state index contributed by atoms with van der Waals surface area (Å²) < 4.78 is 0. The maximum atomic E-state index is 10.4. The first kappa shape index (κ1) is 9.61. The minimum Gasteiger partial charge on any atom is -0.388 e. The van der Waals surface area contributed by atoms with E-state index in [9.17, 15) is 5.11 Å². The van der Waals surface area contributed by atoms with Crippen LogP contribution in [0.4, 0.5) is 0 Å². The molecule has 16 heavy (non-hydrogen) atoms. The van der Waals surface area contributed by atoms with Crippen molar-refractivity contribution in [2.75, 3.05) is 0 Å². The molecule has 2 aliphatic rings. The van der Waals surface area contributed by atoms with Crippen LogP contribution in [-0.4, -0.2) is 5.11 Å². The fourth-order valence-electron chi connectivity index (χ4n) is 2.50. The first-order chi connectivity index (χ1) is 7.86. The summed E-state index contributed by atoms with van der Waals surface area (Å²) in [5.41, 5.74) is 2.16. The number of fused-ring (bicyclic) bond motifs is 2. The molecule has 0 heterocycles. The van der Waals surface area contributed by atoms with Crippen molar-refractivity contribution in [3.05, 3.63) is 65.8 Å². The molecule has 1 heteroatoms. The lowest BCUT2D eigenvalue weighted by atomic mass is 9.83. The first-order valence-electron chi connectivity index (χ1n) is 5.66. The first-order valence-corrected chi connectivity index (χ1v) is 5.66. The molecule has 3 unspecified atom stereocenters. The third-order valence-electron chi connectivity index (χ3n) is 3.40. The van der Waals surface area contributed by atoms with Gasteiger partial charge < -0.3 is 5.11 Å². The van der Waals surface area contributed by atoms with Gasteiger partial charge in [0, 0.05) is 11.8 Å². The molecule has 1 aromatic rings. The van der Waals surface area contributed by atoms with Gasteiger partial charge in [0.15, 0.2) is 0 Å². The quantitative estimate of drug-likeness (QED) is 0.697. The summed E-state index contributed by atoms with van der Waals surface area (Å²) in [6.07, 6.45) is 12.2. The van der Waals surface area contributed by atoms with Crippen LogP contribution in [0.1, 0.15) is 17.2 Å². The number of hydrogen-bond acceptors (Lipinski definition) is 1. The van der Waals surface area contributed by atoms with Gasteiger partial charge in [-0.3, -0.25) is 0 Å². The van der Waals surface area contributed by atoms with Crippen LogP contribution in [0.5, 0.6) is 0 Å². The number of rotatable bonds is 0. The molecule has 0 bridgehead atoms. The van der Waals surface area contributed by atoms with Crippen LogP contribution in [0.2, 0.25) is 0 Å². The fraction of sp³-hybridized carbons (Fsp3) is 0.200. The Bertz CT molecular complexity index is 482. The summed E-state index contributed by atoms with van der Waals surface area (Å²) in [5.74, 6) is 0.484. The van der Waals surface area contributed by atoms with Crippen molar-refractivity contribution in [3.8, 4) is 0 Å². The predicted octanol–water partition coefficient (Wildman–Crippen LogP) is 3.11. The minimum atomic E-state index is -0.405. The van der Waals surface area contributed by atoms with E-state index in [4.69, 9.17) is 0 Å². The van der Waals surface area contributed by atoms with Crippen molar-refractivity contribution in [1.82, 2.24) is 0 Å². The van der Waals surface area contributed by atoms with Crippen LogP contribution in [0, 0.1) is 11.8 Å². The highest BCUT2D eigenvalue weighted by Gasteiger charge is 2.28. The molecule has 0 radical (unpaired) electrons. The Morgan fingerprint density at radius 2 is 1.75 bits per heavy atom. The van der Waals surface area contributed by atoms with Crippen LogP contribution < -0.4 is 0 Å². The van der Waals surface area contributed by atoms with Gasteiger partial charge in [0.05, 0.1) is 6.10 Å². The summed E-state index contributed by atoms with van der Waals surface area (Å²) in [6, 6.07) is 8.06. The highest BCUT2D eigenvalue weighted by Crippen LogP contribution is 2.37. The third-order valence-corrected chi connectivity index (χ3v) is 3.40. The van der Waals surface area contributed by atoms with Gasteiger partial charge >= 0.3 is 0 Å². The highest BCUT2D eigenvalue weighted by atomic mass is 16.3. The zero-order valence-corrected chi connectivity index (χ0v) is 8.95. The molecule has 0 aromatic heterocycles. The van der Waals surface area contributed by atoms with E-state index in [1.54, 1.807) is 0 Å². The van der Waals surface area contributed by atoms with Crippen molar-refractivity contribution in [2.45, 2.75) is 6.10 Å². The van der Waals surface area contributed by atoms with E-state index in [0.717, 1.165) is 11.1 Å². The van der Waals surface area contributed by atoms with Gasteiger partial charge in [-0.05, 0) is 11.1 Å². The Kier molecular flexibility index (Phi) is 2.26. The Balaban J connectivity index is 2.11. The fourth-order valence-corrected chi connectivity index (χ4v) is 2.50.